The average molecular weight is 266 g/mol. The van der Waals surface area contributed by atoms with E-state index in [4.69, 9.17) is 5.11 Å². The minimum absolute atomic E-state index is 0.252. The normalized spacial score (nSPS) is 15.8. The van der Waals surface area contributed by atoms with E-state index in [9.17, 15) is 13.2 Å². The third kappa shape index (κ3) is 5.01. The van der Waals surface area contributed by atoms with Gasteiger partial charge < -0.3 is 5.11 Å². The van der Waals surface area contributed by atoms with Crippen LogP contribution in [0.2, 0.25) is 0 Å². The van der Waals surface area contributed by atoms with Gasteiger partial charge in [-0.1, -0.05) is 27.2 Å². The molecule has 0 spiro atoms. The third-order valence-corrected chi connectivity index (χ3v) is 4.26. The molecule has 0 aromatic heterocycles. The van der Waals surface area contributed by atoms with E-state index in [0.29, 0.717) is 19.4 Å². The van der Waals surface area contributed by atoms with E-state index < -0.39 is 22.2 Å². The molecule has 0 rings (SSSR count). The number of carboxylic acids is 1. The van der Waals surface area contributed by atoms with Gasteiger partial charge in [0.2, 0.25) is 0 Å². The zero-order chi connectivity index (χ0) is 13.6. The molecule has 7 heteroatoms. The van der Waals surface area contributed by atoms with E-state index in [1.54, 1.807) is 6.92 Å². The van der Waals surface area contributed by atoms with Gasteiger partial charge in [-0.2, -0.15) is 17.4 Å². The molecule has 0 aliphatic heterocycles. The highest BCUT2D eigenvalue weighted by Gasteiger charge is 2.30. The van der Waals surface area contributed by atoms with E-state index in [2.05, 4.69) is 4.72 Å². The van der Waals surface area contributed by atoms with Crippen molar-refractivity contribution in [2.75, 3.05) is 13.6 Å². The fraction of sp³-hybridized carbons (Fsp3) is 0.900. The first-order valence-electron chi connectivity index (χ1n) is 5.72. The highest BCUT2D eigenvalue weighted by Crippen LogP contribution is 2.10. The van der Waals surface area contributed by atoms with Gasteiger partial charge in [0.1, 0.15) is 6.04 Å². The van der Waals surface area contributed by atoms with Crippen molar-refractivity contribution in [1.29, 1.82) is 0 Å². The van der Waals surface area contributed by atoms with Gasteiger partial charge in [-0.05, 0) is 12.3 Å². The summed E-state index contributed by atoms with van der Waals surface area (Å²) in [5.74, 6) is -1.40. The molecule has 0 saturated carbocycles. The Kier molecular flexibility index (Phi) is 6.66. The molecule has 17 heavy (non-hydrogen) atoms. The summed E-state index contributed by atoms with van der Waals surface area (Å²) in [7, 11) is -2.29. The summed E-state index contributed by atoms with van der Waals surface area (Å²) in [4.78, 5) is 11.0. The fourth-order valence-corrected chi connectivity index (χ4v) is 2.59. The standard InChI is InChI=1S/C10H22N2O4S/c1-5-7-12(4)17(15,16)11-9(10(13)14)8(3)6-2/h8-9,11H,5-7H2,1-4H3,(H,13,14)/t8-,9-/m0/s1. The van der Waals surface area contributed by atoms with E-state index in [0.717, 1.165) is 4.31 Å². The van der Waals surface area contributed by atoms with Crippen molar-refractivity contribution in [3.05, 3.63) is 0 Å². The van der Waals surface area contributed by atoms with Crippen LogP contribution in [0.5, 0.6) is 0 Å². The van der Waals surface area contributed by atoms with Gasteiger partial charge in [-0.25, -0.2) is 0 Å². The summed E-state index contributed by atoms with van der Waals surface area (Å²) in [6.45, 7) is 5.75. The second-order valence-electron chi connectivity index (χ2n) is 4.15. The van der Waals surface area contributed by atoms with E-state index in [1.165, 1.54) is 7.05 Å². The maximum absolute atomic E-state index is 11.8. The molecule has 0 saturated heterocycles. The number of hydrogen-bond donors (Lipinski definition) is 2. The lowest BCUT2D eigenvalue weighted by Crippen LogP contribution is -2.49. The van der Waals surface area contributed by atoms with Gasteiger partial charge in [-0.15, -0.1) is 0 Å². The van der Waals surface area contributed by atoms with Gasteiger partial charge in [-0.3, -0.25) is 4.79 Å². The van der Waals surface area contributed by atoms with Gasteiger partial charge in [0.25, 0.3) is 10.2 Å². The molecule has 0 amide bonds. The van der Waals surface area contributed by atoms with Crippen molar-refractivity contribution in [3.8, 4) is 0 Å². The maximum Gasteiger partial charge on any atom is 0.322 e. The van der Waals surface area contributed by atoms with Crippen LogP contribution in [0, 0.1) is 5.92 Å². The summed E-state index contributed by atoms with van der Waals surface area (Å²) in [5, 5.41) is 9.00. The summed E-state index contributed by atoms with van der Waals surface area (Å²) >= 11 is 0. The molecule has 2 atom stereocenters. The predicted octanol–water partition coefficient (Wildman–Crippen LogP) is 0.662. The van der Waals surface area contributed by atoms with Gasteiger partial charge in [0, 0.05) is 13.6 Å². The predicted molar refractivity (Wildman–Crippen MR) is 65.9 cm³/mol. The molecule has 0 heterocycles. The fourth-order valence-electron chi connectivity index (χ4n) is 1.33. The third-order valence-electron chi connectivity index (χ3n) is 2.70. The lowest BCUT2D eigenvalue weighted by atomic mass is 10.0. The summed E-state index contributed by atoms with van der Waals surface area (Å²) in [5.41, 5.74) is 0. The number of rotatable bonds is 8. The molecular formula is C10H22N2O4S. The zero-order valence-corrected chi connectivity index (χ0v) is 11.6. The number of carbonyl (C=O) groups is 1. The molecule has 6 nitrogen and oxygen atoms in total. The Morgan fingerprint density at radius 2 is 1.94 bits per heavy atom. The smallest absolute Gasteiger partial charge is 0.322 e. The average Bonchev–Trinajstić information content (AvgIpc) is 2.25. The lowest BCUT2D eigenvalue weighted by Gasteiger charge is -2.23. The first-order valence-corrected chi connectivity index (χ1v) is 7.16. The minimum atomic E-state index is -3.72. The molecule has 0 fully saturated rings. The van der Waals surface area contributed by atoms with Crippen LogP contribution in [0.25, 0.3) is 0 Å². The second kappa shape index (κ2) is 6.93. The number of nitrogens with zero attached hydrogens (tertiary/aromatic N) is 1. The Bertz CT molecular complexity index is 342. The molecule has 0 aromatic carbocycles. The van der Waals surface area contributed by atoms with Gasteiger partial charge >= 0.3 is 5.97 Å². The van der Waals surface area contributed by atoms with Crippen molar-refractivity contribution in [3.63, 3.8) is 0 Å². The first-order chi connectivity index (χ1) is 7.76. The maximum atomic E-state index is 11.8. The summed E-state index contributed by atoms with van der Waals surface area (Å²) in [6, 6.07) is -1.08. The Balaban J connectivity index is 4.82. The Labute approximate surface area is 103 Å². The number of hydrogen-bond acceptors (Lipinski definition) is 3. The molecule has 0 aliphatic rings. The molecule has 0 aromatic rings. The Hall–Kier alpha value is -0.660. The van der Waals surface area contributed by atoms with E-state index in [1.807, 2.05) is 13.8 Å². The van der Waals surface area contributed by atoms with Crippen LogP contribution in [0.15, 0.2) is 0 Å². The second-order valence-corrected chi connectivity index (χ2v) is 5.96. The monoisotopic (exact) mass is 266 g/mol. The van der Waals surface area contributed by atoms with Crippen molar-refractivity contribution in [2.24, 2.45) is 5.92 Å². The van der Waals surface area contributed by atoms with Gasteiger partial charge in [0.15, 0.2) is 0 Å². The van der Waals surface area contributed by atoms with Crippen LogP contribution in [-0.4, -0.2) is 43.4 Å². The number of aliphatic carboxylic acids is 1. The van der Waals surface area contributed by atoms with Crippen molar-refractivity contribution < 1.29 is 18.3 Å². The minimum Gasteiger partial charge on any atom is -0.480 e. The van der Waals surface area contributed by atoms with Crippen LogP contribution in [-0.2, 0) is 15.0 Å². The summed E-state index contributed by atoms with van der Waals surface area (Å²) < 4.78 is 27.0. The Morgan fingerprint density at radius 1 is 1.41 bits per heavy atom. The first kappa shape index (κ1) is 16.3. The van der Waals surface area contributed by atoms with Crippen LogP contribution >= 0.6 is 0 Å². The van der Waals surface area contributed by atoms with Crippen molar-refractivity contribution in [2.45, 2.75) is 39.7 Å². The van der Waals surface area contributed by atoms with Crippen LogP contribution in [0.4, 0.5) is 0 Å². The Morgan fingerprint density at radius 3 is 2.29 bits per heavy atom. The highest BCUT2D eigenvalue weighted by atomic mass is 32.2. The van der Waals surface area contributed by atoms with Crippen molar-refractivity contribution >= 4 is 16.2 Å². The quantitative estimate of drug-likeness (QED) is 0.675. The van der Waals surface area contributed by atoms with Gasteiger partial charge in [0.05, 0.1) is 0 Å². The van der Waals surface area contributed by atoms with E-state index >= 15 is 0 Å². The lowest BCUT2D eigenvalue weighted by molar-refractivity contribution is -0.140. The van der Waals surface area contributed by atoms with Crippen LogP contribution in [0.3, 0.4) is 0 Å². The summed E-state index contributed by atoms with van der Waals surface area (Å²) in [6.07, 6.45) is 1.27. The number of carboxylic acid groups (broad SMARTS) is 1. The SMILES string of the molecule is CCCN(C)S(=O)(=O)N[C@H](C(=O)O)[C@@H](C)CC. The topological polar surface area (TPSA) is 86.7 Å². The molecule has 0 radical (unpaired) electrons. The number of nitrogens with one attached hydrogen (secondary N) is 1. The van der Waals surface area contributed by atoms with E-state index in [-0.39, 0.29) is 5.92 Å². The highest BCUT2D eigenvalue weighted by molar-refractivity contribution is 7.87. The molecule has 0 bridgehead atoms. The van der Waals surface area contributed by atoms with Crippen LogP contribution < -0.4 is 4.72 Å². The zero-order valence-electron chi connectivity index (χ0n) is 10.8. The van der Waals surface area contributed by atoms with Crippen LogP contribution in [0.1, 0.15) is 33.6 Å². The molecule has 0 unspecified atom stereocenters. The molecule has 102 valence electrons. The largest absolute Gasteiger partial charge is 0.480 e. The molecule has 0 aliphatic carbocycles. The van der Waals surface area contributed by atoms with Crippen molar-refractivity contribution in [1.82, 2.24) is 9.03 Å². The molecule has 2 N–H and O–H groups in total. The molecular weight excluding hydrogens is 244 g/mol.